The lowest BCUT2D eigenvalue weighted by atomic mass is 9.83. The van der Waals surface area contributed by atoms with Gasteiger partial charge in [0.15, 0.2) is 0 Å². The molecule has 0 saturated heterocycles. The Morgan fingerprint density at radius 1 is 1.27 bits per heavy atom. The van der Waals surface area contributed by atoms with Crippen molar-refractivity contribution in [2.75, 3.05) is 14.1 Å². The normalized spacial score (nSPS) is 22.6. The summed E-state index contributed by atoms with van der Waals surface area (Å²) in [4.78, 5) is 0. The fourth-order valence-corrected chi connectivity index (χ4v) is 2.18. The van der Waals surface area contributed by atoms with Crippen molar-refractivity contribution in [2.45, 2.75) is 25.7 Å². The van der Waals surface area contributed by atoms with E-state index in [1.54, 1.807) is 0 Å². The van der Waals surface area contributed by atoms with Crippen molar-refractivity contribution >= 4 is 5.71 Å². The number of hydrogen-bond acceptors (Lipinski definition) is 2. The van der Waals surface area contributed by atoms with Crippen LogP contribution in [0.15, 0.2) is 29.4 Å². The van der Waals surface area contributed by atoms with Crippen LogP contribution in [0.4, 0.5) is 0 Å². The zero-order valence-corrected chi connectivity index (χ0v) is 9.70. The predicted molar refractivity (Wildman–Crippen MR) is 64.3 cm³/mol. The highest BCUT2D eigenvalue weighted by molar-refractivity contribution is 6.02. The summed E-state index contributed by atoms with van der Waals surface area (Å²) < 4.78 is 0. The van der Waals surface area contributed by atoms with Crippen LogP contribution in [0, 0.1) is 0 Å². The monoisotopic (exact) mass is 202 g/mol. The van der Waals surface area contributed by atoms with Gasteiger partial charge >= 0.3 is 0 Å². The van der Waals surface area contributed by atoms with E-state index in [9.17, 15) is 0 Å². The molecule has 2 heteroatoms. The van der Waals surface area contributed by atoms with Crippen molar-refractivity contribution in [1.29, 1.82) is 0 Å². The second kappa shape index (κ2) is 4.05. The Morgan fingerprint density at radius 2 is 2.00 bits per heavy atom. The van der Waals surface area contributed by atoms with Gasteiger partial charge in [-0.3, -0.25) is 0 Å². The molecule has 0 amide bonds. The van der Waals surface area contributed by atoms with Crippen molar-refractivity contribution in [3.8, 4) is 0 Å². The second-order valence-corrected chi connectivity index (χ2v) is 4.42. The fourth-order valence-electron chi connectivity index (χ4n) is 2.18. The minimum atomic E-state index is 0.669. The number of hydrazone groups is 1. The van der Waals surface area contributed by atoms with E-state index >= 15 is 0 Å². The average molecular weight is 202 g/mol. The zero-order chi connectivity index (χ0) is 10.8. The highest BCUT2D eigenvalue weighted by Gasteiger charge is 2.20. The first-order valence-corrected chi connectivity index (χ1v) is 5.52. The first-order valence-electron chi connectivity index (χ1n) is 5.52. The highest BCUT2D eigenvalue weighted by Crippen LogP contribution is 2.31. The van der Waals surface area contributed by atoms with Gasteiger partial charge < -0.3 is 5.01 Å². The molecule has 0 N–H and O–H groups in total. The lowest BCUT2D eigenvalue weighted by molar-refractivity contribution is 0.435. The number of rotatable bonds is 1. The van der Waals surface area contributed by atoms with Crippen molar-refractivity contribution in [1.82, 2.24) is 5.01 Å². The van der Waals surface area contributed by atoms with Crippen molar-refractivity contribution in [3.63, 3.8) is 0 Å². The molecule has 1 aliphatic rings. The number of hydrogen-bond donors (Lipinski definition) is 0. The van der Waals surface area contributed by atoms with E-state index in [0.29, 0.717) is 5.92 Å². The molecule has 1 atom stereocenters. The topological polar surface area (TPSA) is 15.6 Å². The maximum Gasteiger partial charge on any atom is 0.0680 e. The van der Waals surface area contributed by atoms with Gasteiger partial charge in [0.2, 0.25) is 0 Å². The van der Waals surface area contributed by atoms with Gasteiger partial charge in [-0.15, -0.1) is 0 Å². The Bertz CT molecular complexity index is 380. The van der Waals surface area contributed by atoms with Crippen LogP contribution in [0.5, 0.6) is 0 Å². The SMILES string of the molecule is CC1CC/C(=N/N(C)C)c2ccccc21. The molecule has 0 fully saturated rings. The summed E-state index contributed by atoms with van der Waals surface area (Å²) in [5.74, 6) is 0.669. The maximum absolute atomic E-state index is 4.56. The molecule has 0 heterocycles. The minimum Gasteiger partial charge on any atom is -0.303 e. The van der Waals surface area contributed by atoms with E-state index in [4.69, 9.17) is 0 Å². The van der Waals surface area contributed by atoms with Crippen molar-refractivity contribution in [2.24, 2.45) is 5.10 Å². The van der Waals surface area contributed by atoms with Crippen molar-refractivity contribution in [3.05, 3.63) is 35.4 Å². The summed E-state index contributed by atoms with van der Waals surface area (Å²) in [6, 6.07) is 8.63. The van der Waals surface area contributed by atoms with Gasteiger partial charge in [-0.25, -0.2) is 0 Å². The van der Waals surface area contributed by atoms with Crippen LogP contribution in [0.2, 0.25) is 0 Å². The first kappa shape index (κ1) is 10.2. The Balaban J connectivity index is 2.45. The maximum atomic E-state index is 4.56. The molecular weight excluding hydrogens is 184 g/mol. The van der Waals surface area contributed by atoms with Gasteiger partial charge in [0.1, 0.15) is 0 Å². The quantitative estimate of drug-likeness (QED) is 0.639. The zero-order valence-electron chi connectivity index (χ0n) is 9.70. The van der Waals surface area contributed by atoms with Gasteiger partial charge in [-0.1, -0.05) is 31.2 Å². The fraction of sp³-hybridized carbons (Fsp3) is 0.462. The molecule has 0 radical (unpaired) electrons. The number of fused-ring (bicyclic) bond motifs is 1. The summed E-state index contributed by atoms with van der Waals surface area (Å²) >= 11 is 0. The Hall–Kier alpha value is -1.31. The Labute approximate surface area is 91.6 Å². The predicted octanol–water partition coefficient (Wildman–Crippen LogP) is 2.85. The van der Waals surface area contributed by atoms with Crippen LogP contribution < -0.4 is 0 Å². The summed E-state index contributed by atoms with van der Waals surface area (Å²) in [6.45, 7) is 2.30. The molecule has 80 valence electrons. The van der Waals surface area contributed by atoms with E-state index in [1.807, 2.05) is 19.1 Å². The molecule has 1 unspecified atom stereocenters. The molecule has 0 aliphatic heterocycles. The van der Waals surface area contributed by atoms with Crippen LogP contribution in [0.25, 0.3) is 0 Å². The van der Waals surface area contributed by atoms with Gasteiger partial charge in [0.25, 0.3) is 0 Å². The average Bonchev–Trinajstić information content (AvgIpc) is 2.22. The highest BCUT2D eigenvalue weighted by atomic mass is 15.4. The molecule has 1 aromatic rings. The molecule has 1 aliphatic carbocycles. The third kappa shape index (κ3) is 2.04. The van der Waals surface area contributed by atoms with Crippen molar-refractivity contribution < 1.29 is 0 Å². The third-order valence-electron chi connectivity index (χ3n) is 2.94. The van der Waals surface area contributed by atoms with Crippen LogP contribution in [0.3, 0.4) is 0 Å². The Kier molecular flexibility index (Phi) is 2.76. The van der Waals surface area contributed by atoms with Gasteiger partial charge in [-0.2, -0.15) is 5.10 Å². The summed E-state index contributed by atoms with van der Waals surface area (Å²) in [5.41, 5.74) is 4.02. The minimum absolute atomic E-state index is 0.669. The van der Waals surface area contributed by atoms with E-state index in [1.165, 1.54) is 23.3 Å². The number of nitrogens with zero attached hydrogens (tertiary/aromatic N) is 2. The Morgan fingerprint density at radius 3 is 2.73 bits per heavy atom. The van der Waals surface area contributed by atoms with E-state index in [0.717, 1.165) is 6.42 Å². The van der Waals surface area contributed by atoms with E-state index in [2.05, 4.69) is 36.3 Å². The van der Waals surface area contributed by atoms with E-state index in [-0.39, 0.29) is 0 Å². The van der Waals surface area contributed by atoms with Crippen LogP contribution in [-0.2, 0) is 0 Å². The molecule has 2 rings (SSSR count). The molecule has 0 saturated carbocycles. The first-order chi connectivity index (χ1) is 7.18. The lowest BCUT2D eigenvalue weighted by Gasteiger charge is -2.24. The van der Waals surface area contributed by atoms with E-state index < -0.39 is 0 Å². The standard InChI is InChI=1S/C13H18N2/c1-10-8-9-13(14-15(2)3)12-7-5-4-6-11(10)12/h4-7,10H,8-9H2,1-3H3/b14-13-. The second-order valence-electron chi connectivity index (χ2n) is 4.42. The lowest BCUT2D eigenvalue weighted by Crippen LogP contribution is -2.18. The molecule has 0 bridgehead atoms. The smallest absolute Gasteiger partial charge is 0.0680 e. The summed E-state index contributed by atoms with van der Waals surface area (Å²) in [5, 5.41) is 6.45. The van der Waals surface area contributed by atoms with Crippen LogP contribution in [-0.4, -0.2) is 24.8 Å². The molecular formula is C13H18N2. The molecule has 1 aromatic carbocycles. The number of benzene rings is 1. The van der Waals surface area contributed by atoms with Gasteiger partial charge in [-0.05, 0) is 24.3 Å². The molecule has 0 spiro atoms. The largest absolute Gasteiger partial charge is 0.303 e. The van der Waals surface area contributed by atoms with Gasteiger partial charge in [0.05, 0.1) is 5.71 Å². The third-order valence-corrected chi connectivity index (χ3v) is 2.94. The molecule has 0 aromatic heterocycles. The molecule has 2 nitrogen and oxygen atoms in total. The van der Waals surface area contributed by atoms with Crippen LogP contribution in [0.1, 0.15) is 36.8 Å². The summed E-state index contributed by atoms with van der Waals surface area (Å²) in [6.07, 6.45) is 2.31. The van der Waals surface area contributed by atoms with Crippen LogP contribution >= 0.6 is 0 Å². The molecule has 15 heavy (non-hydrogen) atoms. The van der Waals surface area contributed by atoms with Gasteiger partial charge in [0, 0.05) is 19.7 Å². The summed E-state index contributed by atoms with van der Waals surface area (Å²) in [7, 11) is 3.96.